The number of anilines is 2. The molecule has 0 unspecified atom stereocenters. The molecule has 0 amide bonds. The topological polar surface area (TPSA) is 138 Å². The van der Waals surface area contributed by atoms with E-state index in [0.29, 0.717) is 22.5 Å². The minimum absolute atomic E-state index is 0.0764. The third-order valence-corrected chi connectivity index (χ3v) is 3.67. The fourth-order valence-corrected chi connectivity index (χ4v) is 2.54. The Labute approximate surface area is 138 Å². The second kappa shape index (κ2) is 5.30. The van der Waals surface area contributed by atoms with Crippen LogP contribution in [0.15, 0.2) is 42.5 Å². The van der Waals surface area contributed by atoms with Gasteiger partial charge in [0.1, 0.15) is 5.69 Å². The van der Waals surface area contributed by atoms with Crippen LogP contribution in [0.1, 0.15) is 10.4 Å². The molecule has 0 saturated carbocycles. The van der Waals surface area contributed by atoms with Crippen molar-refractivity contribution in [2.75, 3.05) is 5.32 Å². The number of nitrogens with zero attached hydrogens (tertiary/aromatic N) is 4. The van der Waals surface area contributed by atoms with Crippen molar-refractivity contribution >= 4 is 40.1 Å². The number of H-pyrrole nitrogens is 1. The molecule has 2 aromatic heterocycles. The first-order valence-electron chi connectivity index (χ1n) is 7.15. The highest BCUT2D eigenvalue weighted by Gasteiger charge is 2.16. The van der Waals surface area contributed by atoms with Crippen LogP contribution >= 0.6 is 0 Å². The molecule has 4 rings (SSSR count). The van der Waals surface area contributed by atoms with E-state index in [2.05, 4.69) is 20.4 Å². The third-order valence-electron chi connectivity index (χ3n) is 3.67. The number of nitro benzene ring substituents is 1. The van der Waals surface area contributed by atoms with Gasteiger partial charge in [-0.25, -0.2) is 14.3 Å². The van der Waals surface area contributed by atoms with E-state index >= 15 is 0 Å². The predicted octanol–water partition coefficient (Wildman–Crippen LogP) is 2.56. The number of imidazole rings is 1. The van der Waals surface area contributed by atoms with Gasteiger partial charge in [0.15, 0.2) is 0 Å². The summed E-state index contributed by atoms with van der Waals surface area (Å²) in [7, 11) is 0. The minimum Gasteiger partial charge on any atom is -0.478 e. The van der Waals surface area contributed by atoms with Crippen molar-refractivity contribution in [2.45, 2.75) is 0 Å². The van der Waals surface area contributed by atoms with Gasteiger partial charge in [-0.05, 0) is 24.3 Å². The van der Waals surface area contributed by atoms with Crippen molar-refractivity contribution in [3.05, 3.63) is 58.1 Å². The molecular weight excluding hydrogens is 328 g/mol. The summed E-state index contributed by atoms with van der Waals surface area (Å²) in [6.07, 6.45) is 0. The first-order chi connectivity index (χ1) is 12.0. The third kappa shape index (κ3) is 2.41. The lowest BCUT2D eigenvalue weighted by atomic mass is 10.2. The maximum atomic E-state index is 11.1. The second-order valence-corrected chi connectivity index (χ2v) is 5.23. The number of carboxylic acid groups (broad SMARTS) is 1. The fraction of sp³-hybridized carbons (Fsp3) is 0. The lowest BCUT2D eigenvalue weighted by molar-refractivity contribution is -0.383. The average Bonchev–Trinajstić information content (AvgIpc) is 3.11. The highest BCUT2D eigenvalue weighted by atomic mass is 16.6. The maximum absolute atomic E-state index is 11.1. The van der Waals surface area contributed by atoms with E-state index in [-0.39, 0.29) is 17.2 Å². The molecular formula is C15H10N6O4. The van der Waals surface area contributed by atoms with Crippen LogP contribution in [0.5, 0.6) is 0 Å². The fourth-order valence-electron chi connectivity index (χ4n) is 2.54. The molecule has 0 saturated heterocycles. The van der Waals surface area contributed by atoms with Crippen LogP contribution in [0, 0.1) is 10.1 Å². The Morgan fingerprint density at radius 2 is 2.04 bits per heavy atom. The van der Waals surface area contributed by atoms with Crippen LogP contribution in [0.2, 0.25) is 0 Å². The number of nitrogens with one attached hydrogen (secondary N) is 2. The summed E-state index contributed by atoms with van der Waals surface area (Å²) >= 11 is 0. The molecule has 10 nitrogen and oxygen atoms in total. The maximum Gasteiger partial charge on any atom is 0.335 e. The van der Waals surface area contributed by atoms with E-state index in [1.54, 1.807) is 28.8 Å². The Morgan fingerprint density at radius 3 is 2.80 bits per heavy atom. The molecule has 124 valence electrons. The number of aromatic nitrogens is 4. The van der Waals surface area contributed by atoms with Crippen molar-refractivity contribution in [1.82, 2.24) is 19.6 Å². The summed E-state index contributed by atoms with van der Waals surface area (Å²) in [4.78, 5) is 30.1. The average molecular weight is 338 g/mol. The number of rotatable bonds is 4. The molecule has 0 atom stereocenters. The normalized spacial score (nSPS) is 11.0. The van der Waals surface area contributed by atoms with Crippen molar-refractivity contribution in [1.29, 1.82) is 0 Å². The Bertz CT molecular complexity index is 1150. The number of nitro groups is 1. The largest absolute Gasteiger partial charge is 0.478 e. The minimum atomic E-state index is -1.04. The smallest absolute Gasteiger partial charge is 0.335 e. The standard InChI is InChI=1S/C15H10N6O4/c22-13(23)8-5-6-11-10(7-8)17-15-18-14(19-20(11)15)16-9-3-1-2-4-12(9)21(24)25/h1-7H,(H,22,23)(H2,16,17,18,19). The number of carboxylic acids is 1. The number of aromatic carboxylic acids is 1. The summed E-state index contributed by atoms with van der Waals surface area (Å²) in [5.74, 6) is -0.440. The highest BCUT2D eigenvalue weighted by molar-refractivity contribution is 5.93. The Balaban J connectivity index is 1.75. The van der Waals surface area contributed by atoms with Gasteiger partial charge < -0.3 is 10.4 Å². The predicted molar refractivity (Wildman–Crippen MR) is 88.2 cm³/mol. The highest BCUT2D eigenvalue weighted by Crippen LogP contribution is 2.26. The Kier molecular flexibility index (Phi) is 3.10. The molecule has 0 bridgehead atoms. The van der Waals surface area contributed by atoms with Gasteiger partial charge >= 0.3 is 5.97 Å². The zero-order valence-corrected chi connectivity index (χ0v) is 12.5. The Morgan fingerprint density at radius 1 is 1.24 bits per heavy atom. The first kappa shape index (κ1) is 14.6. The van der Waals surface area contributed by atoms with E-state index in [9.17, 15) is 14.9 Å². The van der Waals surface area contributed by atoms with Gasteiger partial charge in [0.25, 0.3) is 11.5 Å². The molecule has 3 N–H and O–H groups in total. The Hall–Kier alpha value is -3.95. The van der Waals surface area contributed by atoms with Crippen molar-refractivity contribution in [2.24, 2.45) is 0 Å². The summed E-state index contributed by atoms with van der Waals surface area (Å²) in [6, 6.07) is 10.7. The number of hydrogen-bond acceptors (Lipinski definition) is 6. The van der Waals surface area contributed by atoms with Gasteiger partial charge in [0.2, 0.25) is 5.95 Å². The number of fused-ring (bicyclic) bond motifs is 3. The van der Waals surface area contributed by atoms with Crippen LogP contribution in [-0.2, 0) is 0 Å². The van der Waals surface area contributed by atoms with Crippen molar-refractivity contribution in [3.63, 3.8) is 0 Å². The monoisotopic (exact) mass is 338 g/mol. The van der Waals surface area contributed by atoms with E-state index in [1.165, 1.54) is 18.2 Å². The molecule has 2 heterocycles. The van der Waals surface area contributed by atoms with Crippen LogP contribution < -0.4 is 5.32 Å². The van der Waals surface area contributed by atoms with Crippen LogP contribution in [0.4, 0.5) is 17.3 Å². The van der Waals surface area contributed by atoms with E-state index in [0.717, 1.165) is 0 Å². The molecule has 0 fully saturated rings. The van der Waals surface area contributed by atoms with Crippen molar-refractivity contribution in [3.8, 4) is 0 Å². The summed E-state index contributed by atoms with van der Waals surface area (Å²) < 4.78 is 1.57. The zero-order valence-electron chi connectivity index (χ0n) is 12.5. The molecule has 2 aromatic carbocycles. The molecule has 25 heavy (non-hydrogen) atoms. The molecule has 0 aliphatic heterocycles. The van der Waals surface area contributed by atoms with Gasteiger partial charge in [-0.1, -0.05) is 12.1 Å². The zero-order chi connectivity index (χ0) is 17.6. The SMILES string of the molecule is O=C(O)c1ccc2c(c1)nc1nc(Nc3ccccc3[N+](=O)[O-])[nH]n12. The molecule has 0 aliphatic rings. The van der Waals surface area contributed by atoms with E-state index in [4.69, 9.17) is 5.11 Å². The number of hydrogen-bond donors (Lipinski definition) is 3. The number of aromatic amines is 1. The molecule has 4 aromatic rings. The molecule has 10 heteroatoms. The summed E-state index contributed by atoms with van der Waals surface area (Å²) in [5.41, 5.74) is 1.47. The molecule has 0 spiro atoms. The van der Waals surface area contributed by atoms with Crippen LogP contribution in [-0.4, -0.2) is 35.6 Å². The lowest BCUT2D eigenvalue weighted by Crippen LogP contribution is -1.98. The van der Waals surface area contributed by atoms with Crippen LogP contribution in [0.25, 0.3) is 16.8 Å². The van der Waals surface area contributed by atoms with E-state index in [1.807, 2.05) is 0 Å². The van der Waals surface area contributed by atoms with Gasteiger partial charge in [-0.3, -0.25) is 15.2 Å². The molecule has 0 aliphatic carbocycles. The van der Waals surface area contributed by atoms with Gasteiger partial charge in [-0.2, -0.15) is 4.98 Å². The van der Waals surface area contributed by atoms with Gasteiger partial charge in [0.05, 0.1) is 21.5 Å². The van der Waals surface area contributed by atoms with E-state index < -0.39 is 10.9 Å². The van der Waals surface area contributed by atoms with Crippen LogP contribution in [0.3, 0.4) is 0 Å². The summed E-state index contributed by atoms with van der Waals surface area (Å²) in [6.45, 7) is 0. The number of carbonyl (C=O) groups is 1. The van der Waals surface area contributed by atoms with Gasteiger partial charge in [-0.15, -0.1) is 0 Å². The second-order valence-electron chi connectivity index (χ2n) is 5.23. The first-order valence-corrected chi connectivity index (χ1v) is 7.15. The van der Waals surface area contributed by atoms with Crippen molar-refractivity contribution < 1.29 is 14.8 Å². The quantitative estimate of drug-likeness (QED) is 0.384. The number of benzene rings is 2. The number of para-hydroxylation sites is 2. The molecule has 0 radical (unpaired) electrons. The summed E-state index contributed by atoms with van der Waals surface area (Å²) in [5, 5.41) is 25.9. The van der Waals surface area contributed by atoms with Gasteiger partial charge in [0, 0.05) is 6.07 Å². The lowest BCUT2D eigenvalue weighted by Gasteiger charge is -2.03.